The van der Waals surface area contributed by atoms with Crippen molar-refractivity contribution >= 4 is 11.3 Å². The maximum absolute atomic E-state index is 9.75. The van der Waals surface area contributed by atoms with Crippen LogP contribution in [0.1, 0.15) is 43.7 Å². The predicted octanol–water partition coefficient (Wildman–Crippen LogP) is 2.10. The fourth-order valence-corrected chi connectivity index (χ4v) is 2.95. The largest absolute Gasteiger partial charge is 0.392 e. The van der Waals surface area contributed by atoms with Gasteiger partial charge in [0, 0.05) is 17.6 Å². The Balaban J connectivity index is 1.96. The number of nitrogens with one attached hydrogen (secondary N) is 1. The SMILES string of the molecule is CCC(NC1CCCC1O)c1nccs1. The Labute approximate surface area is 94.5 Å². The summed E-state index contributed by atoms with van der Waals surface area (Å²) < 4.78 is 0. The highest BCUT2D eigenvalue weighted by Crippen LogP contribution is 2.25. The normalized spacial score (nSPS) is 28.1. The van der Waals surface area contributed by atoms with Gasteiger partial charge < -0.3 is 10.4 Å². The highest BCUT2D eigenvalue weighted by Gasteiger charge is 2.27. The van der Waals surface area contributed by atoms with E-state index in [2.05, 4.69) is 17.2 Å². The summed E-state index contributed by atoms with van der Waals surface area (Å²) in [6.45, 7) is 2.15. The van der Waals surface area contributed by atoms with E-state index in [1.165, 1.54) is 0 Å². The Morgan fingerprint density at radius 2 is 2.53 bits per heavy atom. The molecular weight excluding hydrogens is 208 g/mol. The van der Waals surface area contributed by atoms with E-state index in [0.29, 0.717) is 6.04 Å². The number of aliphatic hydroxyl groups is 1. The summed E-state index contributed by atoms with van der Waals surface area (Å²) in [5.41, 5.74) is 0. The van der Waals surface area contributed by atoms with Crippen LogP contribution in [0.2, 0.25) is 0 Å². The van der Waals surface area contributed by atoms with E-state index in [4.69, 9.17) is 0 Å². The minimum atomic E-state index is -0.168. The molecule has 2 N–H and O–H groups in total. The average Bonchev–Trinajstić information content (AvgIpc) is 2.86. The summed E-state index contributed by atoms with van der Waals surface area (Å²) >= 11 is 1.68. The first kappa shape index (κ1) is 11.0. The van der Waals surface area contributed by atoms with Crippen LogP contribution >= 0.6 is 11.3 Å². The van der Waals surface area contributed by atoms with Gasteiger partial charge in [-0.15, -0.1) is 11.3 Å². The van der Waals surface area contributed by atoms with Gasteiger partial charge in [-0.05, 0) is 25.7 Å². The molecule has 0 radical (unpaired) electrons. The quantitative estimate of drug-likeness (QED) is 0.826. The second kappa shape index (κ2) is 5.05. The Morgan fingerprint density at radius 1 is 1.67 bits per heavy atom. The summed E-state index contributed by atoms with van der Waals surface area (Å²) in [5, 5.41) is 16.4. The minimum absolute atomic E-state index is 0.168. The first-order valence-corrected chi connectivity index (χ1v) is 6.52. The Kier molecular flexibility index (Phi) is 3.72. The highest BCUT2D eigenvalue weighted by atomic mass is 32.1. The van der Waals surface area contributed by atoms with Gasteiger partial charge >= 0.3 is 0 Å². The summed E-state index contributed by atoms with van der Waals surface area (Å²) in [7, 11) is 0. The van der Waals surface area contributed by atoms with Crippen LogP contribution in [-0.2, 0) is 0 Å². The van der Waals surface area contributed by atoms with Gasteiger partial charge in [-0.1, -0.05) is 6.92 Å². The maximum Gasteiger partial charge on any atom is 0.109 e. The zero-order chi connectivity index (χ0) is 10.7. The number of hydrogen-bond acceptors (Lipinski definition) is 4. The van der Waals surface area contributed by atoms with Crippen LogP contribution in [0.4, 0.5) is 0 Å². The molecular formula is C11H18N2OS. The topological polar surface area (TPSA) is 45.1 Å². The molecule has 1 saturated carbocycles. The molecule has 0 saturated heterocycles. The van der Waals surface area contributed by atoms with Crippen LogP contribution in [0.25, 0.3) is 0 Å². The molecule has 0 amide bonds. The Bertz CT molecular complexity index is 289. The lowest BCUT2D eigenvalue weighted by Gasteiger charge is -2.22. The van der Waals surface area contributed by atoms with Crippen molar-refractivity contribution in [2.75, 3.05) is 0 Å². The first-order chi connectivity index (χ1) is 7.31. The van der Waals surface area contributed by atoms with Crippen molar-refractivity contribution in [3.8, 4) is 0 Å². The average molecular weight is 226 g/mol. The first-order valence-electron chi connectivity index (χ1n) is 5.64. The van der Waals surface area contributed by atoms with E-state index in [9.17, 15) is 5.11 Å². The zero-order valence-corrected chi connectivity index (χ0v) is 9.83. The van der Waals surface area contributed by atoms with E-state index < -0.39 is 0 Å². The van der Waals surface area contributed by atoms with E-state index in [1.54, 1.807) is 11.3 Å². The van der Waals surface area contributed by atoms with Crippen molar-refractivity contribution in [2.45, 2.75) is 50.8 Å². The number of aromatic nitrogens is 1. The Hall–Kier alpha value is -0.450. The molecule has 1 aromatic rings. The number of nitrogens with zero attached hydrogens (tertiary/aromatic N) is 1. The van der Waals surface area contributed by atoms with Gasteiger partial charge in [0.2, 0.25) is 0 Å². The molecule has 1 aliphatic carbocycles. The van der Waals surface area contributed by atoms with E-state index >= 15 is 0 Å². The summed E-state index contributed by atoms with van der Waals surface area (Å²) in [4.78, 5) is 4.33. The maximum atomic E-state index is 9.75. The molecule has 0 spiro atoms. The fourth-order valence-electron chi connectivity index (χ4n) is 2.16. The fraction of sp³-hybridized carbons (Fsp3) is 0.727. The summed E-state index contributed by atoms with van der Waals surface area (Å²) in [5.74, 6) is 0. The molecule has 1 fully saturated rings. The van der Waals surface area contributed by atoms with Crippen LogP contribution in [-0.4, -0.2) is 22.2 Å². The third-order valence-corrected chi connectivity index (χ3v) is 3.94. The van der Waals surface area contributed by atoms with Crippen molar-refractivity contribution in [1.82, 2.24) is 10.3 Å². The number of rotatable bonds is 4. The molecule has 15 heavy (non-hydrogen) atoms. The highest BCUT2D eigenvalue weighted by molar-refractivity contribution is 7.09. The molecule has 3 atom stereocenters. The monoisotopic (exact) mass is 226 g/mol. The van der Waals surface area contributed by atoms with Crippen LogP contribution in [0.5, 0.6) is 0 Å². The van der Waals surface area contributed by atoms with Gasteiger partial charge in [-0.2, -0.15) is 0 Å². The molecule has 2 rings (SSSR count). The van der Waals surface area contributed by atoms with E-state index in [-0.39, 0.29) is 12.1 Å². The molecule has 0 aromatic carbocycles. The summed E-state index contributed by atoms with van der Waals surface area (Å²) in [6.07, 6.45) is 5.85. The molecule has 3 unspecified atom stereocenters. The van der Waals surface area contributed by atoms with Gasteiger partial charge in [0.1, 0.15) is 5.01 Å². The molecule has 1 aliphatic rings. The lowest BCUT2D eigenvalue weighted by atomic mass is 10.1. The molecule has 1 aromatic heterocycles. The molecule has 0 aliphatic heterocycles. The Morgan fingerprint density at radius 3 is 3.07 bits per heavy atom. The van der Waals surface area contributed by atoms with E-state index in [1.807, 2.05) is 11.6 Å². The molecule has 1 heterocycles. The molecule has 4 heteroatoms. The number of aliphatic hydroxyl groups excluding tert-OH is 1. The minimum Gasteiger partial charge on any atom is -0.392 e. The van der Waals surface area contributed by atoms with Crippen LogP contribution in [0, 0.1) is 0 Å². The second-order valence-corrected chi connectivity index (χ2v) is 5.03. The van der Waals surface area contributed by atoms with Crippen LogP contribution in [0.15, 0.2) is 11.6 Å². The number of thiazole rings is 1. The van der Waals surface area contributed by atoms with Crippen molar-refractivity contribution in [2.24, 2.45) is 0 Å². The second-order valence-electron chi connectivity index (χ2n) is 4.10. The molecule has 3 nitrogen and oxygen atoms in total. The lowest BCUT2D eigenvalue weighted by Crippen LogP contribution is -2.38. The van der Waals surface area contributed by atoms with Gasteiger partial charge in [0.15, 0.2) is 0 Å². The molecule has 84 valence electrons. The van der Waals surface area contributed by atoms with E-state index in [0.717, 1.165) is 30.7 Å². The van der Waals surface area contributed by atoms with Gasteiger partial charge in [-0.25, -0.2) is 4.98 Å². The predicted molar refractivity (Wildman–Crippen MR) is 61.9 cm³/mol. The van der Waals surface area contributed by atoms with Crippen molar-refractivity contribution in [3.63, 3.8) is 0 Å². The van der Waals surface area contributed by atoms with Gasteiger partial charge in [-0.3, -0.25) is 0 Å². The molecule has 0 bridgehead atoms. The number of hydrogen-bond donors (Lipinski definition) is 2. The smallest absolute Gasteiger partial charge is 0.109 e. The zero-order valence-electron chi connectivity index (χ0n) is 9.02. The summed E-state index contributed by atoms with van der Waals surface area (Å²) in [6, 6.07) is 0.571. The van der Waals surface area contributed by atoms with Crippen molar-refractivity contribution < 1.29 is 5.11 Å². The van der Waals surface area contributed by atoms with Crippen molar-refractivity contribution in [1.29, 1.82) is 0 Å². The van der Waals surface area contributed by atoms with Gasteiger partial charge in [0.05, 0.1) is 12.1 Å². The van der Waals surface area contributed by atoms with Crippen molar-refractivity contribution in [3.05, 3.63) is 16.6 Å². The third kappa shape index (κ3) is 2.56. The van der Waals surface area contributed by atoms with Crippen LogP contribution < -0.4 is 5.32 Å². The standard InChI is InChI=1S/C11H18N2OS/c1-2-8(11-12-6-7-15-11)13-9-4-3-5-10(9)14/h6-10,13-14H,2-5H2,1H3. The van der Waals surface area contributed by atoms with Crippen LogP contribution in [0.3, 0.4) is 0 Å². The van der Waals surface area contributed by atoms with Gasteiger partial charge in [0.25, 0.3) is 0 Å². The third-order valence-electron chi connectivity index (χ3n) is 3.05. The lowest BCUT2D eigenvalue weighted by molar-refractivity contribution is 0.142.